The molecule has 0 bridgehead atoms. The van der Waals surface area contributed by atoms with E-state index < -0.39 is 0 Å². The Balaban J connectivity index is 1.51. The Labute approximate surface area is 208 Å². The quantitative estimate of drug-likeness (QED) is 0.163. The van der Waals surface area contributed by atoms with Crippen molar-refractivity contribution in [3.05, 3.63) is 87.9 Å². The Hall–Kier alpha value is -3.10. The van der Waals surface area contributed by atoms with Crippen LogP contribution in [-0.2, 0) is 6.54 Å². The summed E-state index contributed by atoms with van der Waals surface area (Å²) in [5.41, 5.74) is 5.87. The highest BCUT2D eigenvalue weighted by Gasteiger charge is 2.11. The lowest BCUT2D eigenvalue weighted by Gasteiger charge is -2.14. The molecule has 0 aromatic heterocycles. The van der Waals surface area contributed by atoms with E-state index in [1.54, 1.807) is 13.3 Å². The fourth-order valence-electron chi connectivity index (χ4n) is 2.95. The van der Waals surface area contributed by atoms with Gasteiger partial charge < -0.3 is 19.5 Å². The van der Waals surface area contributed by atoms with Crippen molar-refractivity contribution in [1.29, 1.82) is 0 Å². The van der Waals surface area contributed by atoms with Gasteiger partial charge in [0.1, 0.15) is 19.0 Å². The fraction of sp³-hybridized carbons (Fsp3) is 0.200. The average Bonchev–Trinajstić information content (AvgIpc) is 2.83. The normalized spacial score (nSPS) is 10.6. The van der Waals surface area contributed by atoms with Crippen LogP contribution in [0.4, 0.5) is 0 Å². The van der Waals surface area contributed by atoms with Crippen LogP contribution in [0.5, 0.6) is 17.2 Å². The van der Waals surface area contributed by atoms with E-state index in [0.29, 0.717) is 36.4 Å². The molecule has 0 unspecified atom stereocenters. The summed E-state index contributed by atoms with van der Waals surface area (Å²) in [7, 11) is 1.60. The van der Waals surface area contributed by atoms with E-state index in [1.165, 1.54) is 0 Å². The summed E-state index contributed by atoms with van der Waals surface area (Å²) in [5.74, 6) is 2.05. The number of benzene rings is 3. The van der Waals surface area contributed by atoms with Gasteiger partial charge in [-0.1, -0.05) is 48.5 Å². The largest absolute Gasteiger partial charge is 0.493 e. The molecule has 0 aliphatic carbocycles. The highest BCUT2D eigenvalue weighted by molar-refractivity contribution is 9.10. The van der Waals surface area contributed by atoms with Crippen molar-refractivity contribution in [3.8, 4) is 17.2 Å². The van der Waals surface area contributed by atoms with Crippen LogP contribution in [0, 0.1) is 6.92 Å². The molecule has 2 N–H and O–H groups in total. The van der Waals surface area contributed by atoms with E-state index in [9.17, 15) is 0 Å². The molecule has 0 aliphatic heterocycles. The predicted molar refractivity (Wildman–Crippen MR) is 139 cm³/mol. The number of hydrogen-bond donors (Lipinski definition) is 2. The molecule has 8 heteroatoms. The van der Waals surface area contributed by atoms with Gasteiger partial charge in [-0.15, -0.1) is 0 Å². The first-order valence-corrected chi connectivity index (χ1v) is 11.6. The lowest BCUT2D eigenvalue weighted by atomic mass is 10.2. The smallest absolute Gasteiger partial charge is 0.187 e. The molecule has 172 valence electrons. The van der Waals surface area contributed by atoms with Crippen LogP contribution in [-0.4, -0.2) is 31.7 Å². The number of halogens is 1. The number of nitrogens with zero attached hydrogens (tertiary/aromatic N) is 1. The van der Waals surface area contributed by atoms with Crippen molar-refractivity contribution in [1.82, 2.24) is 10.7 Å². The maximum atomic E-state index is 5.90. The second-order valence-corrected chi connectivity index (χ2v) is 8.30. The topological polar surface area (TPSA) is 64.1 Å². The lowest BCUT2D eigenvalue weighted by molar-refractivity contribution is 0.209. The van der Waals surface area contributed by atoms with Crippen molar-refractivity contribution in [2.45, 2.75) is 13.5 Å². The Morgan fingerprint density at radius 1 is 1.00 bits per heavy atom. The summed E-state index contributed by atoms with van der Waals surface area (Å²) in [4.78, 5) is 0. The summed E-state index contributed by atoms with van der Waals surface area (Å²) in [6.45, 7) is 3.43. The molecule has 0 fully saturated rings. The highest BCUT2D eigenvalue weighted by Crippen LogP contribution is 2.36. The number of rotatable bonds is 10. The molecule has 33 heavy (non-hydrogen) atoms. The minimum absolute atomic E-state index is 0.375. The van der Waals surface area contributed by atoms with E-state index in [2.05, 4.69) is 31.8 Å². The third-order valence-corrected chi connectivity index (χ3v) is 5.43. The van der Waals surface area contributed by atoms with Crippen LogP contribution in [0.15, 0.2) is 76.3 Å². The summed E-state index contributed by atoms with van der Waals surface area (Å²) in [6, 6.07) is 21.6. The molecule has 3 aromatic carbocycles. The van der Waals surface area contributed by atoms with E-state index in [4.69, 9.17) is 26.4 Å². The molecule has 0 radical (unpaired) electrons. The first-order chi connectivity index (χ1) is 16.1. The summed E-state index contributed by atoms with van der Waals surface area (Å²) in [5, 5.41) is 7.75. The zero-order chi connectivity index (χ0) is 23.5. The van der Waals surface area contributed by atoms with Crippen LogP contribution in [0.3, 0.4) is 0 Å². The van der Waals surface area contributed by atoms with Gasteiger partial charge in [0.25, 0.3) is 0 Å². The van der Waals surface area contributed by atoms with Gasteiger partial charge in [-0.25, -0.2) is 0 Å². The molecule has 0 saturated heterocycles. The first-order valence-electron chi connectivity index (χ1n) is 10.4. The summed E-state index contributed by atoms with van der Waals surface area (Å²) in [6.07, 6.45) is 1.66. The van der Waals surface area contributed by atoms with Gasteiger partial charge in [0.15, 0.2) is 16.6 Å². The number of nitrogens with one attached hydrogen (secondary N) is 2. The fourth-order valence-corrected chi connectivity index (χ4v) is 3.65. The first kappa shape index (κ1) is 24.5. The zero-order valence-corrected chi connectivity index (χ0v) is 20.9. The zero-order valence-electron chi connectivity index (χ0n) is 18.5. The number of hydrogen-bond acceptors (Lipinski definition) is 5. The van der Waals surface area contributed by atoms with Crippen LogP contribution in [0.2, 0.25) is 0 Å². The van der Waals surface area contributed by atoms with Gasteiger partial charge in [-0.05, 0) is 70.0 Å². The van der Waals surface area contributed by atoms with Crippen LogP contribution in [0.25, 0.3) is 0 Å². The Bertz CT molecular complexity index is 1090. The van der Waals surface area contributed by atoms with Gasteiger partial charge in [0, 0.05) is 6.54 Å². The van der Waals surface area contributed by atoms with Gasteiger partial charge >= 0.3 is 0 Å². The van der Waals surface area contributed by atoms with E-state index >= 15 is 0 Å². The molecule has 0 heterocycles. The molecule has 3 aromatic rings. The molecule has 0 aliphatic rings. The summed E-state index contributed by atoms with van der Waals surface area (Å²) < 4.78 is 17.9. The second kappa shape index (κ2) is 12.8. The molecule has 0 spiro atoms. The number of hydrazone groups is 1. The maximum absolute atomic E-state index is 5.90. The van der Waals surface area contributed by atoms with Crippen molar-refractivity contribution in [3.63, 3.8) is 0 Å². The van der Waals surface area contributed by atoms with Crippen molar-refractivity contribution >= 4 is 39.5 Å². The van der Waals surface area contributed by atoms with Gasteiger partial charge in [-0.3, -0.25) is 5.43 Å². The third kappa shape index (κ3) is 7.76. The maximum Gasteiger partial charge on any atom is 0.187 e. The average molecular weight is 528 g/mol. The minimum atomic E-state index is 0.375. The summed E-state index contributed by atoms with van der Waals surface area (Å²) >= 11 is 8.82. The standard InChI is InChI=1S/C25H26BrN3O3S/c1-18-8-6-7-11-22(18)31-12-13-32-24-21(26)14-20(15-23(24)30-2)17-28-29-25(33)27-16-19-9-4-3-5-10-19/h3-11,14-15,17H,12-13,16H2,1-2H3,(H2,27,29,33)/b28-17-. The van der Waals surface area contributed by atoms with E-state index in [1.807, 2.05) is 73.7 Å². The predicted octanol–water partition coefficient (Wildman–Crippen LogP) is 5.22. The molecule has 6 nitrogen and oxygen atoms in total. The van der Waals surface area contributed by atoms with E-state index in [0.717, 1.165) is 26.9 Å². The van der Waals surface area contributed by atoms with Crippen LogP contribution in [0.1, 0.15) is 16.7 Å². The number of methoxy groups -OCH3 is 1. The van der Waals surface area contributed by atoms with Crippen molar-refractivity contribution in [2.24, 2.45) is 5.10 Å². The van der Waals surface area contributed by atoms with Gasteiger partial charge in [0.05, 0.1) is 17.8 Å². The van der Waals surface area contributed by atoms with Crippen molar-refractivity contribution < 1.29 is 14.2 Å². The third-order valence-electron chi connectivity index (χ3n) is 4.61. The molecule has 3 rings (SSSR count). The minimum Gasteiger partial charge on any atom is -0.493 e. The molecule has 0 amide bonds. The highest BCUT2D eigenvalue weighted by atomic mass is 79.9. The monoisotopic (exact) mass is 527 g/mol. The number of ether oxygens (including phenoxy) is 3. The number of para-hydroxylation sites is 1. The van der Waals surface area contributed by atoms with Gasteiger partial charge in [-0.2, -0.15) is 5.10 Å². The Kier molecular flexibility index (Phi) is 9.53. The Morgan fingerprint density at radius 2 is 1.73 bits per heavy atom. The lowest BCUT2D eigenvalue weighted by Crippen LogP contribution is -2.31. The number of thiocarbonyl (C=S) groups is 1. The van der Waals surface area contributed by atoms with E-state index in [-0.39, 0.29) is 0 Å². The SMILES string of the molecule is COc1cc(/C=N\NC(=S)NCc2ccccc2)cc(Br)c1OCCOc1ccccc1C. The van der Waals surface area contributed by atoms with Crippen molar-refractivity contribution in [2.75, 3.05) is 20.3 Å². The second-order valence-electron chi connectivity index (χ2n) is 7.03. The molecule has 0 saturated carbocycles. The Morgan fingerprint density at radius 3 is 2.48 bits per heavy atom. The molecule has 0 atom stereocenters. The molecular formula is C25H26BrN3O3S. The molecular weight excluding hydrogens is 502 g/mol. The van der Waals surface area contributed by atoms with Crippen LogP contribution >= 0.6 is 28.1 Å². The number of aryl methyl sites for hydroxylation is 1. The van der Waals surface area contributed by atoms with Crippen LogP contribution < -0.4 is 25.0 Å². The van der Waals surface area contributed by atoms with Gasteiger partial charge in [0.2, 0.25) is 0 Å².